The molecule has 4 rings (SSSR count). The third-order valence-corrected chi connectivity index (χ3v) is 6.08. The zero-order valence-corrected chi connectivity index (χ0v) is 20.9. The molecular weight excluding hydrogens is 557 g/mol. The summed E-state index contributed by atoms with van der Waals surface area (Å²) >= 11 is 0. The van der Waals surface area contributed by atoms with E-state index in [1.165, 1.54) is 17.7 Å². The lowest BCUT2D eigenvalue weighted by Crippen LogP contribution is -2.64. The molecule has 1 aromatic carbocycles. The van der Waals surface area contributed by atoms with Crippen molar-refractivity contribution >= 4 is 23.5 Å². The Balaban J connectivity index is 0.000000333. The largest absolute Gasteiger partial charge is 0.490 e. The number of halogens is 7. The first-order valence-electron chi connectivity index (χ1n) is 11.4. The van der Waals surface area contributed by atoms with Crippen LogP contribution in [0.1, 0.15) is 12.0 Å². The van der Waals surface area contributed by atoms with Crippen molar-refractivity contribution in [1.29, 1.82) is 0 Å². The summed E-state index contributed by atoms with van der Waals surface area (Å²) in [6.45, 7) is 3.67. The molecular formula is C24H25F7N4O5. The van der Waals surface area contributed by atoms with Gasteiger partial charge in [0.05, 0.1) is 12.1 Å². The molecule has 2 N–H and O–H groups in total. The van der Waals surface area contributed by atoms with Crippen molar-refractivity contribution in [1.82, 2.24) is 14.8 Å². The van der Waals surface area contributed by atoms with Gasteiger partial charge in [-0.3, -0.25) is 19.6 Å². The Hall–Kier alpha value is -3.79. The molecule has 2 saturated heterocycles. The number of aromatic nitrogens is 1. The van der Waals surface area contributed by atoms with Gasteiger partial charge in [-0.05, 0) is 43.3 Å². The van der Waals surface area contributed by atoms with Gasteiger partial charge in [0.15, 0.2) is 0 Å². The van der Waals surface area contributed by atoms with Crippen molar-refractivity contribution in [3.63, 3.8) is 0 Å². The fourth-order valence-electron chi connectivity index (χ4n) is 4.10. The molecule has 0 radical (unpaired) electrons. The van der Waals surface area contributed by atoms with Crippen molar-refractivity contribution < 1.29 is 55.3 Å². The molecule has 1 atom stereocenters. The van der Waals surface area contributed by atoms with Crippen molar-refractivity contribution in [3.05, 3.63) is 60.2 Å². The van der Waals surface area contributed by atoms with E-state index in [0.717, 1.165) is 26.1 Å². The number of alkyl halides is 6. The van der Waals surface area contributed by atoms with Crippen LogP contribution in [0, 0.1) is 5.82 Å². The maximum atomic E-state index is 13.6. The molecule has 0 bridgehead atoms. The third kappa shape index (κ3) is 9.15. The first kappa shape index (κ1) is 32.4. The first-order chi connectivity index (χ1) is 18.4. The number of rotatable bonds is 3. The van der Waals surface area contributed by atoms with Crippen molar-refractivity contribution in [2.45, 2.75) is 30.9 Å². The average molecular weight is 582 g/mol. The maximum Gasteiger partial charge on any atom is 0.490 e. The molecule has 2 aromatic rings. The van der Waals surface area contributed by atoms with E-state index in [1.807, 2.05) is 25.4 Å². The lowest BCUT2D eigenvalue weighted by molar-refractivity contribution is -0.193. The smallest absolute Gasteiger partial charge is 0.475 e. The second-order valence-corrected chi connectivity index (χ2v) is 8.97. The second kappa shape index (κ2) is 13.0. The quantitative estimate of drug-likeness (QED) is 0.530. The molecule has 1 amide bonds. The standard InChI is InChI=1S/C20H23FN4O.2C2HF3O2/c1-23-13-19(26)25(18-6-2-5-17(21)10-18)15-20(23)7-9-24(14-20)12-16-4-3-8-22-11-16;2*3-2(4,5)1(6)7/h2-6,8,10-11H,7,9,12-15H2,1H3;2*(H,6,7). The number of hydrogen-bond donors (Lipinski definition) is 2. The summed E-state index contributed by atoms with van der Waals surface area (Å²) in [6, 6.07) is 10.4. The van der Waals surface area contributed by atoms with Crippen LogP contribution in [0.4, 0.5) is 36.4 Å². The zero-order valence-electron chi connectivity index (χ0n) is 20.9. The van der Waals surface area contributed by atoms with Gasteiger partial charge in [-0.15, -0.1) is 0 Å². The minimum absolute atomic E-state index is 0.0226. The van der Waals surface area contributed by atoms with Gasteiger partial charge in [0.1, 0.15) is 5.82 Å². The van der Waals surface area contributed by atoms with Crippen LogP contribution in [0.25, 0.3) is 0 Å². The highest BCUT2D eigenvalue weighted by Crippen LogP contribution is 2.34. The Kier molecular flexibility index (Phi) is 10.6. The van der Waals surface area contributed by atoms with Gasteiger partial charge in [0.25, 0.3) is 0 Å². The topological polar surface area (TPSA) is 114 Å². The number of pyridine rings is 1. The first-order valence-corrected chi connectivity index (χ1v) is 11.4. The van der Waals surface area contributed by atoms with E-state index in [0.29, 0.717) is 18.8 Å². The number of likely N-dealkylation sites (N-methyl/N-ethyl adjacent to an activating group) is 1. The van der Waals surface area contributed by atoms with Crippen molar-refractivity contribution in [2.24, 2.45) is 0 Å². The van der Waals surface area contributed by atoms with E-state index in [2.05, 4.69) is 20.9 Å². The van der Waals surface area contributed by atoms with Crippen LogP contribution in [0.3, 0.4) is 0 Å². The highest BCUT2D eigenvalue weighted by atomic mass is 19.4. The van der Waals surface area contributed by atoms with Crippen molar-refractivity contribution in [2.75, 3.05) is 38.1 Å². The second-order valence-electron chi connectivity index (χ2n) is 8.97. The molecule has 16 heteroatoms. The molecule has 0 aliphatic carbocycles. The van der Waals surface area contributed by atoms with E-state index in [1.54, 1.807) is 17.2 Å². The predicted octanol–water partition coefficient (Wildman–Crippen LogP) is 3.41. The van der Waals surface area contributed by atoms with E-state index >= 15 is 0 Å². The van der Waals surface area contributed by atoms with Crippen LogP contribution < -0.4 is 4.90 Å². The van der Waals surface area contributed by atoms with Crippen LogP contribution >= 0.6 is 0 Å². The summed E-state index contributed by atoms with van der Waals surface area (Å²) in [5, 5.41) is 14.2. The molecule has 2 fully saturated rings. The fraction of sp³-hybridized carbons (Fsp3) is 0.417. The summed E-state index contributed by atoms with van der Waals surface area (Å²) in [7, 11) is 2.02. The van der Waals surface area contributed by atoms with Crippen LogP contribution in [-0.2, 0) is 20.9 Å². The van der Waals surface area contributed by atoms with Crippen molar-refractivity contribution in [3.8, 4) is 0 Å². The lowest BCUT2D eigenvalue weighted by Gasteiger charge is -2.47. The van der Waals surface area contributed by atoms with E-state index in [4.69, 9.17) is 19.8 Å². The predicted molar refractivity (Wildman–Crippen MR) is 126 cm³/mol. The molecule has 2 aliphatic heterocycles. The Morgan fingerprint density at radius 2 is 1.60 bits per heavy atom. The molecule has 0 saturated carbocycles. The monoisotopic (exact) mass is 582 g/mol. The Bertz CT molecular complexity index is 1160. The number of hydrogen-bond acceptors (Lipinski definition) is 6. The number of piperazine rings is 1. The molecule has 9 nitrogen and oxygen atoms in total. The molecule has 40 heavy (non-hydrogen) atoms. The lowest BCUT2D eigenvalue weighted by atomic mass is 9.92. The Morgan fingerprint density at radius 1 is 1.00 bits per heavy atom. The highest BCUT2D eigenvalue weighted by molar-refractivity contribution is 5.96. The fourth-order valence-corrected chi connectivity index (χ4v) is 4.10. The zero-order chi connectivity index (χ0) is 30.3. The van der Waals surface area contributed by atoms with Gasteiger partial charge in [-0.25, -0.2) is 14.0 Å². The summed E-state index contributed by atoms with van der Waals surface area (Å²) in [5.41, 5.74) is 1.75. The van der Waals surface area contributed by atoms with E-state index in [9.17, 15) is 35.5 Å². The van der Waals surface area contributed by atoms with Crippen LogP contribution in [0.2, 0.25) is 0 Å². The Morgan fingerprint density at radius 3 is 2.10 bits per heavy atom. The van der Waals surface area contributed by atoms with E-state index in [-0.39, 0.29) is 17.3 Å². The van der Waals surface area contributed by atoms with Crippen LogP contribution in [-0.4, -0.2) is 94.0 Å². The minimum Gasteiger partial charge on any atom is -0.475 e. The highest BCUT2D eigenvalue weighted by Gasteiger charge is 2.47. The maximum absolute atomic E-state index is 13.6. The van der Waals surface area contributed by atoms with E-state index < -0.39 is 24.3 Å². The number of likely N-dealkylation sites (tertiary alicyclic amines) is 1. The van der Waals surface area contributed by atoms with Gasteiger partial charge in [0, 0.05) is 44.3 Å². The molecule has 220 valence electrons. The Labute approximate surface area is 223 Å². The number of carboxylic acids is 2. The van der Waals surface area contributed by atoms with Gasteiger partial charge >= 0.3 is 24.3 Å². The van der Waals surface area contributed by atoms with Gasteiger partial charge in [-0.2, -0.15) is 26.3 Å². The molecule has 1 spiro atoms. The average Bonchev–Trinajstić information content (AvgIpc) is 3.25. The number of benzene rings is 1. The SMILES string of the molecule is CN1CC(=O)N(c2cccc(F)c2)CC12CCN(Cc1cccnc1)C2.O=C(O)C(F)(F)F.O=C(O)C(F)(F)F. The normalized spacial score (nSPS) is 19.9. The summed E-state index contributed by atoms with van der Waals surface area (Å²) in [4.78, 5) is 40.9. The number of aliphatic carboxylic acids is 2. The van der Waals surface area contributed by atoms with Crippen LogP contribution in [0.5, 0.6) is 0 Å². The number of nitrogens with zero attached hydrogens (tertiary/aromatic N) is 4. The third-order valence-electron chi connectivity index (χ3n) is 6.08. The minimum atomic E-state index is -5.08. The van der Waals surface area contributed by atoms with Gasteiger partial charge < -0.3 is 15.1 Å². The summed E-state index contributed by atoms with van der Waals surface area (Å²) < 4.78 is 77.1. The number of anilines is 1. The molecule has 3 heterocycles. The number of carboxylic acid groups (broad SMARTS) is 2. The number of amides is 1. The summed E-state index contributed by atoms with van der Waals surface area (Å²) in [6.07, 6.45) is -5.49. The molecule has 2 aliphatic rings. The van der Waals surface area contributed by atoms with Gasteiger partial charge in [-0.1, -0.05) is 12.1 Å². The molecule has 1 aromatic heterocycles. The number of carbonyl (C=O) groups excluding carboxylic acids is 1. The number of carbonyl (C=O) groups is 3. The van der Waals surface area contributed by atoms with Gasteiger partial charge in [0.2, 0.25) is 5.91 Å². The summed E-state index contributed by atoms with van der Waals surface area (Å²) in [5.74, 6) is -5.80. The molecule has 1 unspecified atom stereocenters. The van der Waals surface area contributed by atoms with Crippen LogP contribution in [0.15, 0.2) is 48.8 Å².